The molecule has 26 heavy (non-hydrogen) atoms. The van der Waals surface area contributed by atoms with Gasteiger partial charge in [0.2, 0.25) is 0 Å². The second kappa shape index (κ2) is 15.2. The van der Waals surface area contributed by atoms with Gasteiger partial charge in [0, 0.05) is 6.61 Å². The third-order valence-corrected chi connectivity index (χ3v) is 4.18. The molecule has 1 saturated carbocycles. The van der Waals surface area contributed by atoms with Crippen LogP contribution in [0.2, 0.25) is 0 Å². The van der Waals surface area contributed by atoms with Crippen LogP contribution in [0.15, 0.2) is 24.3 Å². The van der Waals surface area contributed by atoms with E-state index in [1.807, 2.05) is 44.2 Å². The average Bonchev–Trinajstić information content (AvgIpc) is 3.33. The van der Waals surface area contributed by atoms with Gasteiger partial charge in [-0.05, 0) is 43.1 Å². The molecule has 4 nitrogen and oxygen atoms in total. The van der Waals surface area contributed by atoms with Crippen LogP contribution in [0.25, 0.3) is 4.91 Å². The minimum absolute atomic E-state index is 0. The summed E-state index contributed by atoms with van der Waals surface area (Å²) < 4.78 is 31.4. The Morgan fingerprint density at radius 2 is 1.38 bits per heavy atom. The Balaban J connectivity index is 0. The first kappa shape index (κ1) is 27.3. The maximum atomic E-state index is 11.4. The van der Waals surface area contributed by atoms with Crippen LogP contribution in [0.3, 0.4) is 0 Å². The van der Waals surface area contributed by atoms with Crippen molar-refractivity contribution in [2.45, 2.75) is 26.2 Å². The van der Waals surface area contributed by atoms with E-state index in [1.54, 1.807) is 0 Å². The Morgan fingerprint density at radius 3 is 1.69 bits per heavy atom. The number of hydrogen-bond acceptors (Lipinski definition) is 2. The van der Waals surface area contributed by atoms with Crippen molar-refractivity contribution in [1.82, 2.24) is 0 Å². The SMILES string of the molecule is CC(C)(C)c1ccc(C2=[C-]COS2=O)cc1.[C-]#[O+].[C-]#[O+].[CH]1[CH][CH][CH][CH]1.[Fe+2]. The van der Waals surface area contributed by atoms with Crippen LogP contribution < -0.4 is 0 Å². The van der Waals surface area contributed by atoms with E-state index in [1.165, 1.54) is 5.56 Å². The molecular formula is C20H20FeO4S+. The maximum absolute atomic E-state index is 11.4. The second-order valence-electron chi connectivity index (χ2n) is 5.79. The molecule has 5 radical (unpaired) electrons. The van der Waals surface area contributed by atoms with Gasteiger partial charge in [0.05, 0.1) is 0 Å². The van der Waals surface area contributed by atoms with E-state index in [9.17, 15) is 4.21 Å². The van der Waals surface area contributed by atoms with Gasteiger partial charge in [0.15, 0.2) is 11.1 Å². The van der Waals surface area contributed by atoms with Crippen molar-refractivity contribution < 1.29 is 34.8 Å². The van der Waals surface area contributed by atoms with Crippen LogP contribution in [0.5, 0.6) is 0 Å². The third kappa shape index (κ3) is 9.68. The van der Waals surface area contributed by atoms with Crippen molar-refractivity contribution in [2.24, 2.45) is 0 Å². The summed E-state index contributed by atoms with van der Waals surface area (Å²) >= 11 is -1.33. The van der Waals surface area contributed by atoms with E-state index in [0.29, 0.717) is 11.5 Å². The summed E-state index contributed by atoms with van der Waals surface area (Å²) in [5.74, 6) is 0. The molecule has 0 spiro atoms. The molecule has 6 heteroatoms. The van der Waals surface area contributed by atoms with E-state index < -0.39 is 11.1 Å². The molecule has 1 heterocycles. The van der Waals surface area contributed by atoms with Crippen LogP contribution in [0.1, 0.15) is 31.9 Å². The van der Waals surface area contributed by atoms with Crippen molar-refractivity contribution in [2.75, 3.05) is 6.61 Å². The normalized spacial score (nSPS) is 17.7. The molecule has 1 atom stereocenters. The average molecular weight is 412 g/mol. The van der Waals surface area contributed by atoms with Gasteiger partial charge in [-0.2, -0.15) is 5.56 Å². The number of benzene rings is 1. The van der Waals surface area contributed by atoms with Gasteiger partial charge in [-0.3, -0.25) is 0 Å². The minimum Gasteiger partial charge on any atom is -0.0312 e. The molecule has 1 aliphatic heterocycles. The summed E-state index contributed by atoms with van der Waals surface area (Å²) in [5, 5.41) is 0. The van der Waals surface area contributed by atoms with Crippen LogP contribution in [-0.4, -0.2) is 10.8 Å². The molecule has 0 N–H and O–H groups in total. The Morgan fingerprint density at radius 1 is 0.962 bits per heavy atom. The molecule has 1 fully saturated rings. The molecule has 0 saturated heterocycles. The summed E-state index contributed by atoms with van der Waals surface area (Å²) in [4.78, 5) is 0.667. The topological polar surface area (TPSA) is 66.1 Å². The van der Waals surface area contributed by atoms with Crippen molar-refractivity contribution in [1.29, 1.82) is 0 Å². The van der Waals surface area contributed by atoms with E-state index in [-0.39, 0.29) is 22.5 Å². The first-order chi connectivity index (χ1) is 12.0. The van der Waals surface area contributed by atoms with E-state index in [0.717, 1.165) is 5.56 Å². The first-order valence-corrected chi connectivity index (χ1v) is 8.40. The van der Waals surface area contributed by atoms with Crippen LogP contribution in [0.4, 0.5) is 0 Å². The predicted octanol–water partition coefficient (Wildman–Crippen LogP) is 3.77. The van der Waals surface area contributed by atoms with Crippen LogP contribution in [-0.2, 0) is 47.1 Å². The molecule has 3 rings (SSSR count). The van der Waals surface area contributed by atoms with Gasteiger partial charge in [0.25, 0.3) is 0 Å². The summed E-state index contributed by atoms with van der Waals surface area (Å²) in [6.07, 6.45) is 13.0. The fourth-order valence-electron chi connectivity index (χ4n) is 1.91. The standard InChI is InChI=1S/C13H15O2S.C5H5.2CO.Fe/c1-13(2,3)11-6-4-10(5-7-11)12-8-9-15-16(12)14;1-2-4-5-3-1;2*1-2;/h4-7H,9H2,1-3H3;1-5H;;;/q-1;;;;+2. The van der Waals surface area contributed by atoms with E-state index in [4.69, 9.17) is 13.5 Å². The molecule has 1 unspecified atom stereocenters. The van der Waals surface area contributed by atoms with Crippen molar-refractivity contribution in [3.05, 3.63) is 86.9 Å². The number of rotatable bonds is 1. The molecule has 1 aromatic rings. The smallest absolute Gasteiger partial charge is 0.0312 e. The second-order valence-corrected chi connectivity index (χ2v) is 6.91. The third-order valence-electron chi connectivity index (χ3n) is 3.13. The summed E-state index contributed by atoms with van der Waals surface area (Å²) in [5.41, 5.74) is 2.34. The van der Waals surface area contributed by atoms with Gasteiger partial charge >= 0.3 is 39.7 Å². The predicted molar refractivity (Wildman–Crippen MR) is 95.2 cm³/mol. The summed E-state index contributed by atoms with van der Waals surface area (Å²) in [6.45, 7) is 15.8. The fraction of sp³-hybridized carbons (Fsp3) is 0.250. The van der Waals surface area contributed by atoms with Gasteiger partial charge < -0.3 is 4.18 Å². The van der Waals surface area contributed by atoms with E-state index >= 15 is 0 Å². The van der Waals surface area contributed by atoms with Crippen LogP contribution >= 0.6 is 0 Å². The molecule has 0 bridgehead atoms. The maximum Gasteiger partial charge on any atom is 2.00 e. The fourth-order valence-corrected chi connectivity index (χ4v) is 2.70. The van der Waals surface area contributed by atoms with Gasteiger partial charge in [-0.25, -0.2) is 10.3 Å². The van der Waals surface area contributed by atoms with Gasteiger partial charge in [-0.15, -0.1) is 12.1 Å². The Hall–Kier alpha value is -0.931. The minimum atomic E-state index is -1.33. The molecule has 0 aromatic heterocycles. The number of hydrogen-bond donors (Lipinski definition) is 0. The monoisotopic (exact) mass is 412 g/mol. The Labute approximate surface area is 170 Å². The van der Waals surface area contributed by atoms with E-state index in [2.05, 4.69) is 52.3 Å². The Bertz CT molecular complexity index is 580. The molecule has 1 aromatic carbocycles. The molecular weight excluding hydrogens is 392 g/mol. The molecule has 2 aliphatic rings. The zero-order valence-corrected chi connectivity index (χ0v) is 16.7. The molecule has 137 valence electrons. The van der Waals surface area contributed by atoms with Gasteiger partial charge in [-0.1, -0.05) is 37.8 Å². The molecule has 1 aliphatic carbocycles. The first-order valence-electron chi connectivity index (χ1n) is 7.33. The van der Waals surface area contributed by atoms with Crippen molar-refractivity contribution in [3.63, 3.8) is 0 Å². The summed E-state index contributed by atoms with van der Waals surface area (Å²) in [7, 11) is 0. The quantitative estimate of drug-likeness (QED) is 0.401. The zero-order chi connectivity index (χ0) is 19.3. The van der Waals surface area contributed by atoms with Crippen LogP contribution in [0, 0.1) is 51.5 Å². The van der Waals surface area contributed by atoms with Crippen molar-refractivity contribution >= 4 is 16.0 Å². The summed E-state index contributed by atoms with van der Waals surface area (Å²) in [6, 6.07) is 8.10. The Kier molecular flexibility index (Phi) is 15.9. The van der Waals surface area contributed by atoms with Gasteiger partial charge in [0.1, 0.15) is 0 Å². The van der Waals surface area contributed by atoms with Crippen molar-refractivity contribution in [3.8, 4) is 0 Å². The largest absolute Gasteiger partial charge is 2.00 e. The molecule has 0 amide bonds. The zero-order valence-electron chi connectivity index (χ0n) is 14.8.